The molecule has 2 rings (SSSR count). The Bertz CT molecular complexity index is 565. The maximum atomic E-state index is 3.62. The predicted molar refractivity (Wildman–Crippen MR) is 94.8 cm³/mol. The van der Waals surface area contributed by atoms with E-state index in [1.807, 2.05) is 0 Å². The van der Waals surface area contributed by atoms with Gasteiger partial charge in [0.05, 0.1) is 0 Å². The van der Waals surface area contributed by atoms with E-state index in [1.165, 1.54) is 23.1 Å². The second kappa shape index (κ2) is 8.35. The summed E-state index contributed by atoms with van der Waals surface area (Å²) in [6.07, 6.45) is 3.39. The van der Waals surface area contributed by atoms with E-state index in [2.05, 4.69) is 83.6 Å². The van der Waals surface area contributed by atoms with Crippen LogP contribution in [0.4, 0.5) is 0 Å². The first-order valence-corrected chi connectivity index (χ1v) is 8.50. The molecule has 0 fully saturated rings. The second-order valence-corrected chi connectivity index (χ2v) is 6.53. The lowest BCUT2D eigenvalue weighted by molar-refractivity contribution is 0.491. The van der Waals surface area contributed by atoms with Crippen molar-refractivity contribution in [2.24, 2.45) is 0 Å². The van der Waals surface area contributed by atoms with E-state index in [0.717, 1.165) is 23.9 Å². The van der Waals surface area contributed by atoms with E-state index in [4.69, 9.17) is 0 Å². The predicted octanol–water partition coefficient (Wildman–Crippen LogP) is 4.91. The van der Waals surface area contributed by atoms with Gasteiger partial charge in [0.2, 0.25) is 0 Å². The first kappa shape index (κ1) is 16.3. The van der Waals surface area contributed by atoms with Crippen LogP contribution in [0, 0.1) is 6.92 Å². The molecule has 0 aliphatic rings. The van der Waals surface area contributed by atoms with Gasteiger partial charge in [0.25, 0.3) is 0 Å². The Labute approximate surface area is 136 Å². The Balaban J connectivity index is 1.95. The molecule has 0 aliphatic heterocycles. The van der Waals surface area contributed by atoms with Crippen LogP contribution in [0.1, 0.15) is 30.0 Å². The van der Waals surface area contributed by atoms with Crippen LogP contribution in [-0.4, -0.2) is 12.6 Å². The van der Waals surface area contributed by atoms with Crippen molar-refractivity contribution in [1.29, 1.82) is 0 Å². The molecule has 1 unspecified atom stereocenters. The Morgan fingerprint density at radius 1 is 1.05 bits per heavy atom. The monoisotopic (exact) mass is 345 g/mol. The smallest absolute Gasteiger partial charge is 0.0178 e. The topological polar surface area (TPSA) is 12.0 Å². The second-order valence-electron chi connectivity index (χ2n) is 5.62. The van der Waals surface area contributed by atoms with Gasteiger partial charge in [0.1, 0.15) is 0 Å². The van der Waals surface area contributed by atoms with Crippen LogP contribution in [0.25, 0.3) is 0 Å². The summed E-state index contributed by atoms with van der Waals surface area (Å²) in [5, 5.41) is 3.62. The van der Waals surface area contributed by atoms with E-state index in [9.17, 15) is 0 Å². The van der Waals surface area contributed by atoms with Crippen molar-refractivity contribution in [2.75, 3.05) is 6.54 Å². The fourth-order valence-electron chi connectivity index (χ4n) is 2.72. The van der Waals surface area contributed by atoms with Crippen molar-refractivity contribution in [3.8, 4) is 0 Å². The fraction of sp³-hybridized carbons (Fsp3) is 0.368. The molecule has 0 spiro atoms. The molecule has 0 aliphatic carbocycles. The Morgan fingerprint density at radius 3 is 2.52 bits per heavy atom. The lowest BCUT2D eigenvalue weighted by Gasteiger charge is -2.18. The van der Waals surface area contributed by atoms with Gasteiger partial charge in [-0.2, -0.15) is 0 Å². The largest absolute Gasteiger partial charge is 0.314 e. The average molecular weight is 346 g/mol. The van der Waals surface area contributed by atoms with E-state index in [-0.39, 0.29) is 0 Å². The Kier molecular flexibility index (Phi) is 6.47. The standard InChI is InChI=1S/C19H24BrN/c1-3-21-19(14-17-8-5-9-18(20)13-17)11-10-16-7-4-6-15(2)12-16/h4-9,12-13,19,21H,3,10-11,14H2,1-2H3. The quantitative estimate of drug-likeness (QED) is 0.751. The molecule has 0 amide bonds. The van der Waals surface area contributed by atoms with Gasteiger partial charge in [0, 0.05) is 10.5 Å². The number of halogens is 1. The molecule has 0 saturated carbocycles. The van der Waals surface area contributed by atoms with Crippen molar-refractivity contribution >= 4 is 15.9 Å². The molecule has 2 aromatic carbocycles. The van der Waals surface area contributed by atoms with Crippen molar-refractivity contribution in [2.45, 2.75) is 39.2 Å². The van der Waals surface area contributed by atoms with Crippen molar-refractivity contribution in [3.05, 3.63) is 69.7 Å². The van der Waals surface area contributed by atoms with Gasteiger partial charge in [-0.3, -0.25) is 0 Å². The number of nitrogens with one attached hydrogen (secondary N) is 1. The highest BCUT2D eigenvalue weighted by atomic mass is 79.9. The molecule has 0 bridgehead atoms. The number of rotatable bonds is 7. The van der Waals surface area contributed by atoms with Gasteiger partial charge in [0.15, 0.2) is 0 Å². The molecule has 0 saturated heterocycles. The third-order valence-electron chi connectivity index (χ3n) is 3.73. The first-order chi connectivity index (χ1) is 10.2. The number of hydrogen-bond donors (Lipinski definition) is 1. The SMILES string of the molecule is CCNC(CCc1cccc(C)c1)Cc1cccc(Br)c1. The Morgan fingerprint density at radius 2 is 1.81 bits per heavy atom. The van der Waals surface area contributed by atoms with Crippen molar-refractivity contribution < 1.29 is 0 Å². The summed E-state index contributed by atoms with van der Waals surface area (Å²) in [6.45, 7) is 5.36. The van der Waals surface area contributed by atoms with Gasteiger partial charge < -0.3 is 5.32 Å². The van der Waals surface area contributed by atoms with Crippen LogP contribution >= 0.6 is 15.9 Å². The molecule has 0 heterocycles. The molecular formula is C19H24BrN. The van der Waals surface area contributed by atoms with E-state index >= 15 is 0 Å². The van der Waals surface area contributed by atoms with E-state index < -0.39 is 0 Å². The summed E-state index contributed by atoms with van der Waals surface area (Å²) in [4.78, 5) is 0. The maximum absolute atomic E-state index is 3.62. The summed E-state index contributed by atoms with van der Waals surface area (Å²) in [7, 11) is 0. The van der Waals surface area contributed by atoms with Crippen LogP contribution < -0.4 is 5.32 Å². The lowest BCUT2D eigenvalue weighted by Crippen LogP contribution is -2.31. The van der Waals surface area contributed by atoms with Gasteiger partial charge in [-0.1, -0.05) is 64.8 Å². The first-order valence-electron chi connectivity index (χ1n) is 7.70. The minimum atomic E-state index is 0.532. The summed E-state index contributed by atoms with van der Waals surface area (Å²) in [5.41, 5.74) is 4.17. The van der Waals surface area contributed by atoms with Crippen molar-refractivity contribution in [3.63, 3.8) is 0 Å². The average Bonchev–Trinajstić information content (AvgIpc) is 2.45. The number of aryl methyl sites for hydroxylation is 2. The minimum Gasteiger partial charge on any atom is -0.314 e. The lowest BCUT2D eigenvalue weighted by atomic mass is 9.98. The van der Waals surface area contributed by atoms with Crippen LogP contribution in [0.5, 0.6) is 0 Å². The highest BCUT2D eigenvalue weighted by Crippen LogP contribution is 2.15. The number of benzene rings is 2. The highest BCUT2D eigenvalue weighted by molar-refractivity contribution is 9.10. The van der Waals surface area contributed by atoms with Gasteiger partial charge in [-0.25, -0.2) is 0 Å². The zero-order valence-electron chi connectivity index (χ0n) is 12.9. The zero-order valence-corrected chi connectivity index (χ0v) is 14.5. The van der Waals surface area contributed by atoms with Gasteiger partial charge in [-0.05, 0) is 56.0 Å². The molecule has 1 N–H and O–H groups in total. The summed E-state index contributed by atoms with van der Waals surface area (Å²) < 4.78 is 1.16. The highest BCUT2D eigenvalue weighted by Gasteiger charge is 2.09. The molecule has 21 heavy (non-hydrogen) atoms. The van der Waals surface area contributed by atoms with Crippen molar-refractivity contribution in [1.82, 2.24) is 5.32 Å². The normalized spacial score (nSPS) is 12.3. The fourth-order valence-corrected chi connectivity index (χ4v) is 3.17. The number of likely N-dealkylation sites (N-methyl/N-ethyl adjacent to an activating group) is 1. The minimum absolute atomic E-state index is 0.532. The van der Waals surface area contributed by atoms with Crippen LogP contribution in [0.3, 0.4) is 0 Å². The molecule has 112 valence electrons. The van der Waals surface area contributed by atoms with Gasteiger partial charge >= 0.3 is 0 Å². The zero-order chi connectivity index (χ0) is 15.1. The molecule has 1 atom stereocenters. The summed E-state index contributed by atoms with van der Waals surface area (Å²) >= 11 is 3.55. The van der Waals surface area contributed by atoms with E-state index in [0.29, 0.717) is 6.04 Å². The van der Waals surface area contributed by atoms with Gasteiger partial charge in [-0.15, -0.1) is 0 Å². The third kappa shape index (κ3) is 5.64. The van der Waals surface area contributed by atoms with Crippen LogP contribution in [-0.2, 0) is 12.8 Å². The summed E-state index contributed by atoms with van der Waals surface area (Å²) in [5.74, 6) is 0. The maximum Gasteiger partial charge on any atom is 0.0178 e. The van der Waals surface area contributed by atoms with E-state index in [1.54, 1.807) is 0 Å². The Hall–Kier alpha value is -1.12. The molecule has 0 aromatic heterocycles. The van der Waals surface area contributed by atoms with Crippen LogP contribution in [0.15, 0.2) is 53.0 Å². The van der Waals surface area contributed by atoms with Crippen LogP contribution in [0.2, 0.25) is 0 Å². The molecule has 2 aromatic rings. The number of hydrogen-bond acceptors (Lipinski definition) is 1. The molecule has 1 nitrogen and oxygen atoms in total. The third-order valence-corrected chi connectivity index (χ3v) is 4.22. The molecular weight excluding hydrogens is 322 g/mol. The molecule has 0 radical (unpaired) electrons. The molecule has 2 heteroatoms. The summed E-state index contributed by atoms with van der Waals surface area (Å²) in [6, 6.07) is 18.0.